The zero-order valence-corrected chi connectivity index (χ0v) is 15.2. The number of aromatic amines is 1. The highest BCUT2D eigenvalue weighted by atomic mass is 16.2. The van der Waals surface area contributed by atoms with E-state index >= 15 is 0 Å². The van der Waals surface area contributed by atoms with E-state index in [0.29, 0.717) is 17.7 Å². The van der Waals surface area contributed by atoms with Gasteiger partial charge in [0, 0.05) is 43.8 Å². The Bertz CT molecular complexity index is 802. The molecule has 1 amide bonds. The van der Waals surface area contributed by atoms with Gasteiger partial charge in [-0.1, -0.05) is 24.3 Å². The molecule has 1 aromatic heterocycles. The molecule has 1 aromatic carbocycles. The SMILES string of the molecule is O=C(c1cc(C2CC2)[nH]n1)N1CCN(C2CCc3ccccc3C2)CC1. The Morgan fingerprint density at radius 1 is 1.04 bits per heavy atom. The van der Waals surface area contributed by atoms with Crippen LogP contribution in [0.3, 0.4) is 0 Å². The second-order valence-electron chi connectivity index (χ2n) is 7.98. The van der Waals surface area contributed by atoms with Crippen molar-refractivity contribution in [3.63, 3.8) is 0 Å². The smallest absolute Gasteiger partial charge is 0.274 e. The average Bonchev–Trinajstić information content (AvgIpc) is 3.44. The van der Waals surface area contributed by atoms with Gasteiger partial charge in [0.05, 0.1) is 0 Å². The molecule has 26 heavy (non-hydrogen) atoms. The van der Waals surface area contributed by atoms with Gasteiger partial charge in [0.1, 0.15) is 5.69 Å². The van der Waals surface area contributed by atoms with E-state index in [4.69, 9.17) is 0 Å². The van der Waals surface area contributed by atoms with Gasteiger partial charge in [0.15, 0.2) is 0 Å². The zero-order valence-electron chi connectivity index (χ0n) is 15.2. The lowest BCUT2D eigenvalue weighted by Crippen LogP contribution is -2.53. The molecule has 5 nitrogen and oxygen atoms in total. The van der Waals surface area contributed by atoms with E-state index in [1.54, 1.807) is 0 Å². The predicted molar refractivity (Wildman–Crippen MR) is 100 cm³/mol. The van der Waals surface area contributed by atoms with E-state index in [0.717, 1.165) is 38.3 Å². The molecule has 0 bridgehead atoms. The van der Waals surface area contributed by atoms with Gasteiger partial charge in [-0.2, -0.15) is 5.10 Å². The predicted octanol–water partition coefficient (Wildman–Crippen LogP) is 2.60. The number of benzene rings is 1. The third-order valence-electron chi connectivity index (χ3n) is 6.27. The Hall–Kier alpha value is -2.14. The van der Waals surface area contributed by atoms with E-state index in [1.807, 2.05) is 11.0 Å². The Balaban J connectivity index is 1.19. The molecular weight excluding hydrogens is 324 g/mol. The van der Waals surface area contributed by atoms with E-state index in [9.17, 15) is 4.79 Å². The topological polar surface area (TPSA) is 52.2 Å². The van der Waals surface area contributed by atoms with Crippen molar-refractivity contribution in [2.24, 2.45) is 0 Å². The fourth-order valence-corrected chi connectivity index (χ4v) is 4.49. The van der Waals surface area contributed by atoms with Crippen molar-refractivity contribution in [1.82, 2.24) is 20.0 Å². The molecule has 1 N–H and O–H groups in total. The molecule has 5 rings (SSSR count). The summed E-state index contributed by atoms with van der Waals surface area (Å²) in [5.41, 5.74) is 4.74. The van der Waals surface area contributed by atoms with Crippen molar-refractivity contribution >= 4 is 5.91 Å². The van der Waals surface area contributed by atoms with Crippen LogP contribution in [-0.4, -0.2) is 58.1 Å². The molecule has 2 heterocycles. The van der Waals surface area contributed by atoms with Crippen LogP contribution in [0.25, 0.3) is 0 Å². The molecule has 1 saturated carbocycles. The highest BCUT2D eigenvalue weighted by Crippen LogP contribution is 2.39. The number of hydrogen-bond donors (Lipinski definition) is 1. The van der Waals surface area contributed by atoms with E-state index < -0.39 is 0 Å². The molecule has 2 aliphatic carbocycles. The summed E-state index contributed by atoms with van der Waals surface area (Å²) in [4.78, 5) is 17.3. The summed E-state index contributed by atoms with van der Waals surface area (Å²) in [6.07, 6.45) is 6.00. The molecule has 0 radical (unpaired) electrons. The van der Waals surface area contributed by atoms with Crippen LogP contribution in [0.1, 0.15) is 52.5 Å². The third kappa shape index (κ3) is 3.05. The minimum atomic E-state index is 0.0850. The Kier molecular flexibility index (Phi) is 4.04. The Morgan fingerprint density at radius 2 is 1.81 bits per heavy atom. The second-order valence-corrected chi connectivity index (χ2v) is 7.98. The summed E-state index contributed by atoms with van der Waals surface area (Å²) in [6, 6.07) is 11.4. The number of piperazine rings is 1. The number of aromatic nitrogens is 2. The number of hydrogen-bond acceptors (Lipinski definition) is 3. The molecule has 2 aromatic rings. The fraction of sp³-hybridized carbons (Fsp3) is 0.524. The first-order chi connectivity index (χ1) is 12.8. The van der Waals surface area contributed by atoms with Crippen molar-refractivity contribution in [2.75, 3.05) is 26.2 Å². The van der Waals surface area contributed by atoms with E-state index in [1.165, 1.54) is 36.8 Å². The van der Waals surface area contributed by atoms with Gasteiger partial charge >= 0.3 is 0 Å². The van der Waals surface area contributed by atoms with Crippen molar-refractivity contribution in [3.05, 3.63) is 52.8 Å². The quantitative estimate of drug-likeness (QED) is 0.926. The number of aryl methyl sites for hydroxylation is 1. The number of nitrogens with zero attached hydrogens (tertiary/aromatic N) is 3. The maximum absolute atomic E-state index is 12.7. The second kappa shape index (κ2) is 6.54. The fourth-order valence-electron chi connectivity index (χ4n) is 4.49. The Morgan fingerprint density at radius 3 is 2.58 bits per heavy atom. The summed E-state index contributed by atoms with van der Waals surface area (Å²) in [6.45, 7) is 3.56. The van der Waals surface area contributed by atoms with Gasteiger partial charge in [0.25, 0.3) is 5.91 Å². The van der Waals surface area contributed by atoms with E-state index in [-0.39, 0.29) is 5.91 Å². The molecule has 0 spiro atoms. The third-order valence-corrected chi connectivity index (χ3v) is 6.27. The van der Waals surface area contributed by atoms with Gasteiger partial charge in [0.2, 0.25) is 0 Å². The first-order valence-corrected chi connectivity index (χ1v) is 9.93. The van der Waals surface area contributed by atoms with Crippen LogP contribution in [0.4, 0.5) is 0 Å². The zero-order chi connectivity index (χ0) is 17.5. The molecular formula is C21H26N4O. The van der Waals surface area contributed by atoms with Crippen molar-refractivity contribution in [2.45, 2.75) is 44.1 Å². The van der Waals surface area contributed by atoms with E-state index in [2.05, 4.69) is 39.4 Å². The van der Waals surface area contributed by atoms with Crippen LogP contribution in [0, 0.1) is 0 Å². The normalized spacial score (nSPS) is 23.7. The molecule has 5 heteroatoms. The summed E-state index contributed by atoms with van der Waals surface area (Å²) in [5, 5.41) is 7.31. The number of nitrogens with one attached hydrogen (secondary N) is 1. The molecule has 136 valence electrons. The number of fused-ring (bicyclic) bond motifs is 1. The summed E-state index contributed by atoms with van der Waals surface area (Å²) in [7, 11) is 0. The maximum Gasteiger partial charge on any atom is 0.274 e. The molecule has 1 atom stereocenters. The molecule has 1 aliphatic heterocycles. The minimum absolute atomic E-state index is 0.0850. The van der Waals surface area contributed by atoms with Crippen LogP contribution in [0.5, 0.6) is 0 Å². The standard InChI is InChI=1S/C21H26N4O/c26-21(20-14-19(22-23-20)16-5-6-16)25-11-9-24(10-12-25)18-8-7-15-3-1-2-4-17(15)13-18/h1-4,14,16,18H,5-13H2,(H,22,23). The van der Waals surface area contributed by atoms with Crippen LogP contribution in [0.15, 0.2) is 30.3 Å². The number of amides is 1. The monoisotopic (exact) mass is 350 g/mol. The Labute approximate surface area is 154 Å². The minimum Gasteiger partial charge on any atom is -0.335 e. The molecule has 2 fully saturated rings. The van der Waals surface area contributed by atoms with Crippen LogP contribution in [0.2, 0.25) is 0 Å². The van der Waals surface area contributed by atoms with Crippen molar-refractivity contribution in [3.8, 4) is 0 Å². The lowest BCUT2D eigenvalue weighted by atomic mass is 9.87. The molecule has 3 aliphatic rings. The molecule has 1 saturated heterocycles. The number of H-pyrrole nitrogens is 1. The number of carbonyl (C=O) groups excluding carboxylic acids is 1. The van der Waals surface area contributed by atoms with Gasteiger partial charge in [-0.15, -0.1) is 0 Å². The summed E-state index contributed by atoms with van der Waals surface area (Å²) < 4.78 is 0. The summed E-state index contributed by atoms with van der Waals surface area (Å²) in [5.74, 6) is 0.692. The van der Waals surface area contributed by atoms with Crippen LogP contribution >= 0.6 is 0 Å². The number of carbonyl (C=O) groups is 1. The first kappa shape index (κ1) is 16.1. The highest BCUT2D eigenvalue weighted by molar-refractivity contribution is 5.92. The lowest BCUT2D eigenvalue weighted by molar-refractivity contribution is 0.0548. The van der Waals surface area contributed by atoms with Gasteiger partial charge in [-0.05, 0) is 49.3 Å². The number of rotatable bonds is 3. The van der Waals surface area contributed by atoms with Gasteiger partial charge in [-0.3, -0.25) is 14.8 Å². The van der Waals surface area contributed by atoms with Crippen molar-refractivity contribution in [1.29, 1.82) is 0 Å². The summed E-state index contributed by atoms with van der Waals surface area (Å²) >= 11 is 0. The van der Waals surface area contributed by atoms with Gasteiger partial charge in [-0.25, -0.2) is 0 Å². The van der Waals surface area contributed by atoms with Crippen LogP contribution < -0.4 is 0 Å². The average molecular weight is 350 g/mol. The highest BCUT2D eigenvalue weighted by Gasteiger charge is 2.31. The first-order valence-electron chi connectivity index (χ1n) is 9.93. The molecule has 1 unspecified atom stereocenters. The van der Waals surface area contributed by atoms with Gasteiger partial charge < -0.3 is 4.90 Å². The van der Waals surface area contributed by atoms with Crippen molar-refractivity contribution < 1.29 is 4.79 Å². The largest absolute Gasteiger partial charge is 0.335 e. The maximum atomic E-state index is 12.7. The van der Waals surface area contributed by atoms with Crippen LogP contribution in [-0.2, 0) is 12.8 Å². The lowest BCUT2D eigenvalue weighted by Gasteiger charge is -2.41.